The number of nitrogen functional groups attached to an aromatic ring is 1. The number of hydrogen-bond acceptors (Lipinski definition) is 6. The van der Waals surface area contributed by atoms with Crippen molar-refractivity contribution in [2.24, 2.45) is 4.99 Å². The van der Waals surface area contributed by atoms with Crippen molar-refractivity contribution < 1.29 is 17.6 Å². The number of alkyl halides is 4. The minimum Gasteiger partial charge on any atom is -0.367 e. The Hall–Kier alpha value is -3.02. The van der Waals surface area contributed by atoms with Crippen LogP contribution >= 0.6 is 0 Å². The lowest BCUT2D eigenvalue weighted by Crippen LogP contribution is -2.53. The van der Waals surface area contributed by atoms with E-state index in [1.165, 1.54) is 6.92 Å². The number of aryl methyl sites for hydroxylation is 1. The van der Waals surface area contributed by atoms with Crippen molar-refractivity contribution in [2.45, 2.75) is 92.4 Å². The summed E-state index contributed by atoms with van der Waals surface area (Å²) in [6.45, 7) is 15.3. The van der Waals surface area contributed by atoms with E-state index in [1.807, 2.05) is 59.0 Å². The third-order valence-corrected chi connectivity index (χ3v) is 5.63. The lowest BCUT2D eigenvalue weighted by atomic mass is 9.78. The third kappa shape index (κ3) is 11.2. The molecule has 2 N–H and O–H groups in total. The molecule has 1 saturated heterocycles. The molecule has 4 heterocycles. The van der Waals surface area contributed by atoms with Crippen molar-refractivity contribution in [3.05, 3.63) is 36.3 Å². The molecule has 0 spiro atoms. The van der Waals surface area contributed by atoms with Crippen LogP contribution in [-0.2, 0) is 0 Å². The van der Waals surface area contributed by atoms with E-state index >= 15 is 0 Å². The van der Waals surface area contributed by atoms with E-state index in [-0.39, 0.29) is 25.3 Å². The molecule has 0 amide bonds. The molecule has 1 aliphatic heterocycles. The van der Waals surface area contributed by atoms with Crippen LogP contribution in [0.2, 0.25) is 0 Å². The Kier molecular flexibility index (Phi) is 13.7. The Labute approximate surface area is 236 Å². The zero-order valence-electron chi connectivity index (χ0n) is 24.8. The van der Waals surface area contributed by atoms with Crippen LogP contribution in [0.3, 0.4) is 0 Å². The number of nitrogens with two attached hydrogens (primary N) is 1. The second kappa shape index (κ2) is 15.7. The summed E-state index contributed by atoms with van der Waals surface area (Å²) in [6.07, 6.45) is 1.95. The number of fused-ring (bicyclic) bond motifs is 1. The molecule has 220 valence electrons. The van der Waals surface area contributed by atoms with E-state index < -0.39 is 17.8 Å². The predicted octanol–water partition coefficient (Wildman–Crippen LogP) is 7.10. The highest BCUT2D eigenvalue weighted by Crippen LogP contribution is 2.30. The first-order valence-electron chi connectivity index (χ1n) is 13.4. The molecule has 0 aromatic carbocycles. The topological polar surface area (TPSA) is 84.7 Å². The Morgan fingerprint density at radius 1 is 1.20 bits per heavy atom. The van der Waals surface area contributed by atoms with Crippen molar-refractivity contribution in [1.29, 1.82) is 0 Å². The van der Waals surface area contributed by atoms with Crippen molar-refractivity contribution in [2.75, 3.05) is 18.8 Å². The highest BCUT2D eigenvalue weighted by atomic mass is 19.3. The maximum absolute atomic E-state index is 12.9. The number of hydrogen-bond donors (Lipinski definition) is 1. The largest absolute Gasteiger partial charge is 0.367 e. The van der Waals surface area contributed by atoms with E-state index in [9.17, 15) is 17.6 Å². The fourth-order valence-corrected chi connectivity index (χ4v) is 3.65. The van der Waals surface area contributed by atoms with Crippen LogP contribution in [0.1, 0.15) is 73.4 Å². The van der Waals surface area contributed by atoms with Crippen LogP contribution < -0.4 is 5.73 Å². The van der Waals surface area contributed by atoms with Crippen LogP contribution in [-0.4, -0.2) is 68.9 Å². The van der Waals surface area contributed by atoms with Gasteiger partial charge in [-0.3, -0.25) is 9.98 Å². The first-order valence-corrected chi connectivity index (χ1v) is 13.4. The average molecular weight is 563 g/mol. The van der Waals surface area contributed by atoms with Gasteiger partial charge >= 0.3 is 0 Å². The fourth-order valence-electron chi connectivity index (χ4n) is 3.65. The van der Waals surface area contributed by atoms with Crippen molar-refractivity contribution >= 4 is 30.7 Å². The van der Waals surface area contributed by atoms with Gasteiger partial charge in [-0.2, -0.15) is 0 Å². The Balaban J connectivity index is 0.000000356. The fraction of sp³-hybridized carbons (Fsp3) is 0.571. The molecule has 0 aliphatic carbocycles. The summed E-state index contributed by atoms with van der Waals surface area (Å²) >= 11 is 0. The number of piperidine rings is 1. The minimum atomic E-state index is -2.55. The normalized spacial score (nSPS) is 14.7. The molecular weight excluding hydrogens is 521 g/mol. The van der Waals surface area contributed by atoms with Crippen molar-refractivity contribution in [3.8, 4) is 11.3 Å². The summed E-state index contributed by atoms with van der Waals surface area (Å²) < 4.78 is 49.0. The number of nitrogens with zero attached hydrogens (tertiary/aromatic N) is 6. The second-order valence-electron chi connectivity index (χ2n) is 9.87. The van der Waals surface area contributed by atoms with Gasteiger partial charge in [0.1, 0.15) is 0 Å². The molecule has 1 aliphatic rings. The molecule has 3 aromatic heterocycles. The van der Waals surface area contributed by atoms with Crippen molar-refractivity contribution in [3.63, 3.8) is 0 Å². The van der Waals surface area contributed by atoms with Crippen LogP contribution in [0.15, 0.2) is 35.6 Å². The molecule has 12 heteroatoms. The molecule has 4 rings (SSSR count). The molecule has 1 fully saturated rings. The van der Waals surface area contributed by atoms with Crippen LogP contribution in [0, 0.1) is 6.92 Å². The SMILES string of the molecule is CC.CC(C)=Nc1ccc(-c2ccn3nc(N)ncc23)nc1C.CCC(F)F.[B]C(C)(C)N1CCCC(F)(F)C1. The van der Waals surface area contributed by atoms with Gasteiger partial charge in [0.05, 0.1) is 43.2 Å². The van der Waals surface area contributed by atoms with Gasteiger partial charge in [-0.05, 0) is 57.4 Å². The molecule has 3 aromatic rings. The summed E-state index contributed by atoms with van der Waals surface area (Å²) in [5.74, 6) is -2.30. The number of likely N-dealkylation sites (tertiary alicyclic amines) is 1. The number of anilines is 1. The van der Waals surface area contributed by atoms with E-state index in [4.69, 9.17) is 13.6 Å². The molecule has 0 bridgehead atoms. The third-order valence-electron chi connectivity index (χ3n) is 5.63. The molecule has 2 radical (unpaired) electrons. The smallest absolute Gasteiger partial charge is 0.260 e. The number of halogens is 4. The molecule has 0 unspecified atom stereocenters. The van der Waals surface area contributed by atoms with Gasteiger partial charge in [-0.1, -0.05) is 34.6 Å². The van der Waals surface area contributed by atoms with Gasteiger partial charge in [-0.25, -0.2) is 27.1 Å². The van der Waals surface area contributed by atoms with Gasteiger partial charge in [-0.15, -0.1) is 5.10 Å². The van der Waals surface area contributed by atoms with Gasteiger partial charge in [0.25, 0.3) is 5.92 Å². The summed E-state index contributed by atoms with van der Waals surface area (Å²) in [6, 6.07) is 5.89. The summed E-state index contributed by atoms with van der Waals surface area (Å²) in [5, 5.41) is 4.13. The summed E-state index contributed by atoms with van der Waals surface area (Å²) in [7, 11) is 5.72. The molecule has 0 atom stereocenters. The molecule has 7 nitrogen and oxygen atoms in total. The summed E-state index contributed by atoms with van der Waals surface area (Å²) in [5.41, 5.74) is 10.5. The maximum atomic E-state index is 12.9. The monoisotopic (exact) mass is 563 g/mol. The van der Waals surface area contributed by atoms with Gasteiger partial charge < -0.3 is 10.6 Å². The second-order valence-corrected chi connectivity index (χ2v) is 9.87. The number of aliphatic imine (C=N–C) groups is 1. The standard InChI is InChI=1S/C15H16N6.C8H14BF2N.C3H6F2.C2H6/c1-9(2)18-12-4-5-13(19-10(12)3)11-6-7-21-14(11)8-17-15(16)20-21;1-7(2,9)12-5-3-4-8(10,11)6-12;1-2-3(4)5;1-2/h4-8H,1-3H3,(H2,16,20);3-6H2,1-2H3;3H,2H2,1H3;1-2H3. The lowest BCUT2D eigenvalue weighted by Gasteiger charge is -2.41. The first-order chi connectivity index (χ1) is 18.6. The number of rotatable bonds is 4. The van der Waals surface area contributed by atoms with E-state index in [2.05, 4.69) is 20.1 Å². The number of pyridine rings is 1. The Bertz CT molecular complexity index is 1220. The maximum Gasteiger partial charge on any atom is 0.260 e. The molecule has 40 heavy (non-hydrogen) atoms. The summed E-state index contributed by atoms with van der Waals surface area (Å²) in [4.78, 5) is 14.8. The van der Waals surface area contributed by atoms with Crippen molar-refractivity contribution in [1.82, 2.24) is 24.5 Å². The van der Waals surface area contributed by atoms with Crippen LogP contribution in [0.4, 0.5) is 29.2 Å². The zero-order chi connectivity index (χ0) is 30.7. The minimum absolute atomic E-state index is 0.000417. The van der Waals surface area contributed by atoms with E-state index in [0.717, 1.165) is 33.9 Å². The highest BCUT2D eigenvalue weighted by Gasteiger charge is 2.38. The molecular formula is C28H42BF4N7. The van der Waals surface area contributed by atoms with E-state index in [0.29, 0.717) is 13.0 Å². The van der Waals surface area contributed by atoms with E-state index in [1.54, 1.807) is 29.5 Å². The van der Waals surface area contributed by atoms with Crippen LogP contribution in [0.5, 0.6) is 0 Å². The quantitative estimate of drug-likeness (QED) is 0.208. The molecule has 0 saturated carbocycles. The Morgan fingerprint density at radius 3 is 2.30 bits per heavy atom. The Morgan fingerprint density at radius 2 is 1.82 bits per heavy atom. The average Bonchev–Trinajstić information content (AvgIpc) is 3.29. The lowest BCUT2D eigenvalue weighted by molar-refractivity contribution is -0.0769. The van der Waals surface area contributed by atoms with Crippen LogP contribution in [0.25, 0.3) is 16.8 Å². The van der Waals surface area contributed by atoms with Gasteiger partial charge in [0.2, 0.25) is 12.4 Å². The zero-order valence-corrected chi connectivity index (χ0v) is 24.8. The first kappa shape index (κ1) is 35.0. The van der Waals surface area contributed by atoms with Gasteiger partial charge in [0.15, 0.2) is 0 Å². The highest BCUT2D eigenvalue weighted by molar-refractivity contribution is 6.14. The predicted molar refractivity (Wildman–Crippen MR) is 157 cm³/mol. The van der Waals surface area contributed by atoms with Gasteiger partial charge in [0, 0.05) is 30.3 Å². The number of aromatic nitrogens is 4.